The number of anilines is 1. The molecule has 0 heterocycles. The Hall–Kier alpha value is -3.56. The SMILES string of the molecule is CCOc1cc(/C=N\NC(=O)CN(c2ccc(Cl)cc2)S(=O)(=O)c2ccccc2)ccc1O. The molecule has 0 aromatic heterocycles. The van der Waals surface area contributed by atoms with Gasteiger partial charge in [0, 0.05) is 5.02 Å². The summed E-state index contributed by atoms with van der Waals surface area (Å²) in [6, 6.07) is 18.5. The predicted octanol–water partition coefficient (Wildman–Crippen LogP) is 3.79. The number of phenols is 1. The Kier molecular flexibility index (Phi) is 7.92. The molecule has 33 heavy (non-hydrogen) atoms. The number of rotatable bonds is 9. The van der Waals surface area contributed by atoms with Crippen molar-refractivity contribution in [2.75, 3.05) is 17.5 Å². The van der Waals surface area contributed by atoms with Gasteiger partial charge in [-0.3, -0.25) is 9.10 Å². The fourth-order valence-corrected chi connectivity index (χ4v) is 4.44. The summed E-state index contributed by atoms with van der Waals surface area (Å²) in [7, 11) is -4.02. The number of hydrogen-bond acceptors (Lipinski definition) is 6. The second kappa shape index (κ2) is 10.8. The van der Waals surface area contributed by atoms with Gasteiger partial charge in [-0.2, -0.15) is 5.10 Å². The van der Waals surface area contributed by atoms with E-state index in [2.05, 4.69) is 10.5 Å². The Morgan fingerprint density at radius 3 is 2.48 bits per heavy atom. The Morgan fingerprint density at radius 1 is 1.12 bits per heavy atom. The summed E-state index contributed by atoms with van der Waals surface area (Å²) in [5.41, 5.74) is 3.18. The molecule has 10 heteroatoms. The molecule has 172 valence electrons. The van der Waals surface area contributed by atoms with Crippen LogP contribution in [0.25, 0.3) is 0 Å². The number of benzene rings is 3. The minimum absolute atomic E-state index is 0.0113. The van der Waals surface area contributed by atoms with E-state index in [-0.39, 0.29) is 22.1 Å². The number of carbonyl (C=O) groups excluding carboxylic acids is 1. The summed E-state index contributed by atoms with van der Waals surface area (Å²) in [5.74, 6) is -0.372. The van der Waals surface area contributed by atoms with E-state index in [0.29, 0.717) is 17.2 Å². The van der Waals surface area contributed by atoms with Crippen molar-refractivity contribution in [3.05, 3.63) is 83.4 Å². The van der Waals surface area contributed by atoms with Crippen LogP contribution in [0.2, 0.25) is 5.02 Å². The van der Waals surface area contributed by atoms with Crippen LogP contribution in [-0.2, 0) is 14.8 Å². The van der Waals surface area contributed by atoms with E-state index in [1.165, 1.54) is 36.5 Å². The topological polar surface area (TPSA) is 108 Å². The van der Waals surface area contributed by atoms with Crippen LogP contribution in [0.5, 0.6) is 11.5 Å². The average Bonchev–Trinajstić information content (AvgIpc) is 2.81. The summed E-state index contributed by atoms with van der Waals surface area (Å²) in [6.07, 6.45) is 1.36. The lowest BCUT2D eigenvalue weighted by atomic mass is 10.2. The van der Waals surface area contributed by atoms with Gasteiger partial charge in [-0.1, -0.05) is 29.8 Å². The molecule has 0 saturated heterocycles. The van der Waals surface area contributed by atoms with Gasteiger partial charge in [0.05, 0.1) is 23.4 Å². The molecule has 0 aliphatic rings. The fourth-order valence-electron chi connectivity index (χ4n) is 2.87. The molecule has 0 atom stereocenters. The number of hydrazone groups is 1. The highest BCUT2D eigenvalue weighted by molar-refractivity contribution is 7.92. The lowest BCUT2D eigenvalue weighted by Gasteiger charge is -2.23. The van der Waals surface area contributed by atoms with Crippen LogP contribution in [0.4, 0.5) is 5.69 Å². The second-order valence-corrected chi connectivity index (χ2v) is 9.05. The first-order valence-corrected chi connectivity index (χ1v) is 11.7. The monoisotopic (exact) mass is 487 g/mol. The highest BCUT2D eigenvalue weighted by Crippen LogP contribution is 2.26. The zero-order valence-electron chi connectivity index (χ0n) is 17.7. The van der Waals surface area contributed by atoms with E-state index in [4.69, 9.17) is 16.3 Å². The average molecular weight is 488 g/mol. The minimum Gasteiger partial charge on any atom is -0.504 e. The standard InChI is InChI=1S/C23H22ClN3O5S/c1-2-32-22-14-17(8-13-21(22)28)15-25-26-23(29)16-27(19-11-9-18(24)10-12-19)33(30,31)20-6-4-3-5-7-20/h3-15,28H,2,16H2,1H3,(H,26,29)/b25-15-. The first-order valence-electron chi connectivity index (χ1n) is 9.92. The van der Waals surface area contributed by atoms with Gasteiger partial charge >= 0.3 is 0 Å². The maximum Gasteiger partial charge on any atom is 0.264 e. The van der Waals surface area contributed by atoms with Crippen molar-refractivity contribution in [1.29, 1.82) is 0 Å². The van der Waals surface area contributed by atoms with E-state index >= 15 is 0 Å². The third-order valence-corrected chi connectivity index (χ3v) is 6.46. The predicted molar refractivity (Wildman–Crippen MR) is 127 cm³/mol. The molecular formula is C23H22ClN3O5S. The van der Waals surface area contributed by atoms with Gasteiger partial charge in [-0.15, -0.1) is 0 Å². The molecule has 0 bridgehead atoms. The molecule has 0 aliphatic carbocycles. The van der Waals surface area contributed by atoms with Crippen LogP contribution >= 0.6 is 11.6 Å². The van der Waals surface area contributed by atoms with E-state index in [1.54, 1.807) is 49.4 Å². The number of hydrogen-bond donors (Lipinski definition) is 2. The molecule has 1 amide bonds. The van der Waals surface area contributed by atoms with Gasteiger partial charge in [0.2, 0.25) is 0 Å². The van der Waals surface area contributed by atoms with Gasteiger partial charge in [0.1, 0.15) is 6.54 Å². The number of phenolic OH excluding ortho intramolecular Hbond substituents is 1. The third-order valence-electron chi connectivity index (χ3n) is 4.42. The van der Waals surface area contributed by atoms with Gasteiger partial charge in [0.15, 0.2) is 11.5 Å². The van der Waals surface area contributed by atoms with E-state index in [9.17, 15) is 18.3 Å². The van der Waals surface area contributed by atoms with E-state index in [0.717, 1.165) is 4.31 Å². The Balaban J connectivity index is 1.79. The summed E-state index contributed by atoms with van der Waals surface area (Å²) in [4.78, 5) is 12.6. The van der Waals surface area contributed by atoms with Crippen LogP contribution in [0, 0.1) is 0 Å². The van der Waals surface area contributed by atoms with Crippen molar-refractivity contribution in [2.24, 2.45) is 5.10 Å². The maximum atomic E-state index is 13.2. The van der Waals surface area contributed by atoms with Gasteiger partial charge in [0.25, 0.3) is 15.9 Å². The molecular weight excluding hydrogens is 466 g/mol. The van der Waals surface area contributed by atoms with Crippen molar-refractivity contribution in [2.45, 2.75) is 11.8 Å². The van der Waals surface area contributed by atoms with Crippen LogP contribution in [0.1, 0.15) is 12.5 Å². The zero-order valence-corrected chi connectivity index (χ0v) is 19.3. The van der Waals surface area contributed by atoms with Crippen LogP contribution in [0.3, 0.4) is 0 Å². The summed E-state index contributed by atoms with van der Waals surface area (Å²) in [5, 5.41) is 14.1. The van der Waals surface area contributed by atoms with Gasteiger partial charge in [-0.05, 0) is 67.1 Å². The van der Waals surface area contributed by atoms with Gasteiger partial charge < -0.3 is 9.84 Å². The number of ether oxygens (including phenoxy) is 1. The summed E-state index contributed by atoms with van der Waals surface area (Å²) < 4.78 is 32.7. The van der Waals surface area contributed by atoms with Crippen LogP contribution in [-0.4, -0.2) is 38.8 Å². The highest BCUT2D eigenvalue weighted by atomic mass is 35.5. The number of carbonyl (C=O) groups is 1. The smallest absolute Gasteiger partial charge is 0.264 e. The van der Waals surface area contributed by atoms with Gasteiger partial charge in [-0.25, -0.2) is 13.8 Å². The molecule has 3 aromatic carbocycles. The number of aromatic hydroxyl groups is 1. The lowest BCUT2D eigenvalue weighted by molar-refractivity contribution is -0.119. The largest absolute Gasteiger partial charge is 0.504 e. The molecule has 3 rings (SSSR count). The highest BCUT2D eigenvalue weighted by Gasteiger charge is 2.27. The van der Waals surface area contributed by atoms with Crippen molar-refractivity contribution < 1.29 is 23.1 Å². The number of halogens is 1. The molecule has 2 N–H and O–H groups in total. The molecule has 0 fully saturated rings. The van der Waals surface area contributed by atoms with Crippen LogP contribution < -0.4 is 14.5 Å². The van der Waals surface area contributed by atoms with Crippen LogP contribution in [0.15, 0.2) is 82.8 Å². The normalized spacial score (nSPS) is 11.3. The zero-order chi connectivity index (χ0) is 23.8. The first-order chi connectivity index (χ1) is 15.8. The molecule has 0 saturated carbocycles. The number of nitrogens with one attached hydrogen (secondary N) is 1. The molecule has 3 aromatic rings. The Bertz CT molecular complexity index is 1230. The number of nitrogens with zero attached hydrogens (tertiary/aromatic N) is 2. The molecule has 0 spiro atoms. The molecule has 0 aliphatic heterocycles. The third kappa shape index (κ3) is 6.24. The molecule has 0 unspecified atom stereocenters. The molecule has 8 nitrogen and oxygen atoms in total. The van der Waals surface area contributed by atoms with E-state index in [1.807, 2.05) is 0 Å². The van der Waals surface area contributed by atoms with E-state index < -0.39 is 22.5 Å². The Labute approximate surface area is 197 Å². The number of amides is 1. The quantitative estimate of drug-likeness (QED) is 0.352. The van der Waals surface area contributed by atoms with Crippen molar-refractivity contribution in [1.82, 2.24) is 5.43 Å². The lowest BCUT2D eigenvalue weighted by Crippen LogP contribution is -2.39. The summed E-state index contributed by atoms with van der Waals surface area (Å²) >= 11 is 5.93. The second-order valence-electron chi connectivity index (χ2n) is 6.75. The number of sulfonamides is 1. The minimum atomic E-state index is -4.02. The van der Waals surface area contributed by atoms with Crippen molar-refractivity contribution in [3.8, 4) is 11.5 Å². The Morgan fingerprint density at radius 2 is 1.82 bits per heavy atom. The fraction of sp³-hybridized carbons (Fsp3) is 0.130. The summed E-state index contributed by atoms with van der Waals surface area (Å²) in [6.45, 7) is 1.66. The first kappa shape index (κ1) is 24.1. The van der Waals surface area contributed by atoms with Crippen molar-refractivity contribution >= 4 is 39.4 Å². The molecule has 0 radical (unpaired) electrons. The van der Waals surface area contributed by atoms with Crippen molar-refractivity contribution in [3.63, 3.8) is 0 Å². The maximum absolute atomic E-state index is 13.2.